The van der Waals surface area contributed by atoms with E-state index in [1.54, 1.807) is 5.56 Å². The van der Waals surface area contributed by atoms with Gasteiger partial charge in [-0.15, -0.1) is 0 Å². The lowest BCUT2D eigenvalue weighted by molar-refractivity contribution is 0.549. The van der Waals surface area contributed by atoms with Crippen LogP contribution in [0.1, 0.15) is 59.9 Å². The second kappa shape index (κ2) is 11.6. The number of hydrogen-bond acceptors (Lipinski definition) is 3. The first-order valence-electron chi connectivity index (χ1n) is 17.8. The van der Waals surface area contributed by atoms with Crippen LogP contribution in [0.25, 0.3) is 23.3 Å². The van der Waals surface area contributed by atoms with Crippen LogP contribution in [0.4, 0.5) is 28.4 Å². The molecule has 0 aromatic heterocycles. The molecule has 6 aromatic rings. The Morgan fingerprint density at radius 3 is 1.88 bits per heavy atom. The van der Waals surface area contributed by atoms with Crippen molar-refractivity contribution in [2.75, 3.05) is 16.3 Å². The zero-order valence-corrected chi connectivity index (χ0v) is 28.4. The quantitative estimate of drug-likeness (QED) is 0.175. The van der Waals surface area contributed by atoms with Gasteiger partial charge in [-0.1, -0.05) is 116 Å². The van der Waals surface area contributed by atoms with Crippen molar-refractivity contribution in [3.8, 4) is 11.1 Å². The van der Waals surface area contributed by atoms with Crippen molar-refractivity contribution >= 4 is 52.4 Å². The van der Waals surface area contributed by atoms with Gasteiger partial charge in [0, 0.05) is 38.8 Å². The second-order valence-corrected chi connectivity index (χ2v) is 15.1. The summed E-state index contributed by atoms with van der Waals surface area (Å²) in [7, 11) is 0. The Hall–Kier alpha value is -4.99. The summed E-state index contributed by atoms with van der Waals surface area (Å²) in [5.74, 6) is 0. The number of anilines is 5. The third-order valence-electron chi connectivity index (χ3n) is 11.3. The summed E-state index contributed by atoms with van der Waals surface area (Å²) < 4.78 is 0. The van der Waals surface area contributed by atoms with E-state index in [9.17, 15) is 0 Å². The molecule has 1 fully saturated rings. The minimum Gasteiger partial charge on any atom is -0.341 e. The van der Waals surface area contributed by atoms with Crippen molar-refractivity contribution in [2.45, 2.75) is 53.7 Å². The summed E-state index contributed by atoms with van der Waals surface area (Å²) in [6.45, 7) is 1.09. The van der Waals surface area contributed by atoms with Crippen LogP contribution in [0.3, 0.4) is 0 Å². The molecule has 0 atom stereocenters. The smallest absolute Gasteiger partial charge is 0.0601 e. The molecule has 49 heavy (non-hydrogen) atoms. The Labute approximate surface area is 293 Å². The van der Waals surface area contributed by atoms with Gasteiger partial charge in [-0.05, 0) is 119 Å². The van der Waals surface area contributed by atoms with Crippen molar-refractivity contribution in [3.63, 3.8) is 0 Å². The highest BCUT2D eigenvalue weighted by molar-refractivity contribution is 7.99. The van der Waals surface area contributed by atoms with E-state index in [4.69, 9.17) is 0 Å². The molecule has 0 radical (unpaired) electrons. The number of rotatable bonds is 4. The van der Waals surface area contributed by atoms with Crippen molar-refractivity contribution in [1.29, 1.82) is 0 Å². The molecule has 10 rings (SSSR count). The molecular formula is C46H38N2S. The fourth-order valence-corrected chi connectivity index (χ4v) is 10.1. The van der Waals surface area contributed by atoms with Gasteiger partial charge in [0.15, 0.2) is 0 Å². The second-order valence-electron chi connectivity index (χ2n) is 14.0. The monoisotopic (exact) mass is 650 g/mol. The van der Waals surface area contributed by atoms with Gasteiger partial charge in [0.2, 0.25) is 0 Å². The van der Waals surface area contributed by atoms with E-state index in [0.29, 0.717) is 0 Å². The Bertz CT molecular complexity index is 2210. The lowest BCUT2D eigenvalue weighted by atomic mass is 9.76. The first kappa shape index (κ1) is 29.0. The number of benzene rings is 6. The Kier molecular flexibility index (Phi) is 6.84. The maximum Gasteiger partial charge on any atom is 0.0601 e. The van der Waals surface area contributed by atoms with Crippen LogP contribution < -0.4 is 9.80 Å². The molecule has 0 bridgehead atoms. The molecule has 2 aliphatic carbocycles. The predicted octanol–water partition coefficient (Wildman–Crippen LogP) is 12.7. The third-order valence-corrected chi connectivity index (χ3v) is 12.4. The van der Waals surface area contributed by atoms with Crippen LogP contribution in [0.15, 0.2) is 143 Å². The summed E-state index contributed by atoms with van der Waals surface area (Å²) in [5, 5.41) is 0. The third kappa shape index (κ3) is 4.70. The van der Waals surface area contributed by atoms with Gasteiger partial charge in [-0.2, -0.15) is 0 Å². The highest BCUT2D eigenvalue weighted by atomic mass is 32.2. The average Bonchev–Trinajstić information content (AvgIpc) is 3.76. The molecule has 0 saturated heterocycles. The summed E-state index contributed by atoms with van der Waals surface area (Å²) in [6.07, 6.45) is 12.0. The molecule has 0 unspecified atom stereocenters. The average molecular weight is 651 g/mol. The van der Waals surface area contributed by atoms with Gasteiger partial charge >= 0.3 is 0 Å². The number of fused-ring (bicyclic) bond motifs is 8. The standard InChI is InChI=1S/C46H38N2S/c1-2-12-41-34(10-1)11-9-29-47(41)36-24-26-38-37-25-21-33(30-39(37)46(40(38)31-36)27-7-8-28-46)18-17-32-19-22-35(23-20-32)48-42-13-3-5-15-44(42)49-45-16-6-4-14-43(45)48/h1-6,10,12-26,30-31H,7-9,11,27-29H2/b18-17+. The van der Waals surface area contributed by atoms with Crippen LogP contribution in [0, 0.1) is 0 Å². The molecule has 1 saturated carbocycles. The van der Waals surface area contributed by atoms with E-state index in [2.05, 4.69) is 155 Å². The topological polar surface area (TPSA) is 6.48 Å². The Morgan fingerprint density at radius 2 is 1.12 bits per heavy atom. The van der Waals surface area contributed by atoms with Gasteiger partial charge in [-0.25, -0.2) is 0 Å². The SMILES string of the molecule is C(=C\c1ccc2c(c1)C1(CCCC1)c1cc(N3CCCc4ccccc43)ccc1-2)/c1ccc(N2c3ccccc3Sc3ccccc32)cc1. The fourth-order valence-electron chi connectivity index (χ4n) is 9.00. The molecule has 2 aliphatic heterocycles. The van der Waals surface area contributed by atoms with Crippen LogP contribution in [-0.2, 0) is 11.8 Å². The number of nitrogens with zero attached hydrogens (tertiary/aromatic N) is 2. The summed E-state index contributed by atoms with van der Waals surface area (Å²) in [5.41, 5.74) is 16.4. The largest absolute Gasteiger partial charge is 0.341 e. The summed E-state index contributed by atoms with van der Waals surface area (Å²) in [6, 6.07) is 50.0. The van der Waals surface area contributed by atoms with E-state index in [-0.39, 0.29) is 5.41 Å². The van der Waals surface area contributed by atoms with Crippen molar-refractivity contribution in [2.24, 2.45) is 0 Å². The first-order chi connectivity index (χ1) is 24.2. The van der Waals surface area contributed by atoms with Crippen molar-refractivity contribution in [1.82, 2.24) is 0 Å². The normalized spacial score (nSPS) is 16.7. The molecule has 6 aromatic carbocycles. The molecule has 2 heterocycles. The molecule has 3 heteroatoms. The lowest BCUT2D eigenvalue weighted by Crippen LogP contribution is -2.25. The Morgan fingerprint density at radius 1 is 0.531 bits per heavy atom. The molecule has 4 aliphatic rings. The molecular weight excluding hydrogens is 613 g/mol. The zero-order chi connectivity index (χ0) is 32.4. The van der Waals surface area contributed by atoms with Crippen LogP contribution in [0.5, 0.6) is 0 Å². The van der Waals surface area contributed by atoms with Crippen LogP contribution in [-0.4, -0.2) is 6.54 Å². The van der Waals surface area contributed by atoms with E-state index < -0.39 is 0 Å². The first-order valence-corrected chi connectivity index (χ1v) is 18.7. The van der Waals surface area contributed by atoms with Crippen LogP contribution in [0.2, 0.25) is 0 Å². The molecule has 238 valence electrons. The predicted molar refractivity (Wildman–Crippen MR) is 207 cm³/mol. The summed E-state index contributed by atoms with van der Waals surface area (Å²) in [4.78, 5) is 7.53. The van der Waals surface area contributed by atoms with Gasteiger partial charge in [-0.3, -0.25) is 0 Å². The summed E-state index contributed by atoms with van der Waals surface area (Å²) >= 11 is 1.85. The van der Waals surface area contributed by atoms with Gasteiger partial charge < -0.3 is 9.80 Å². The minimum atomic E-state index is 0.126. The lowest BCUT2D eigenvalue weighted by Gasteiger charge is -2.33. The Balaban J connectivity index is 0.955. The number of aryl methyl sites for hydroxylation is 1. The minimum absolute atomic E-state index is 0.126. The van der Waals surface area contributed by atoms with Crippen molar-refractivity contribution < 1.29 is 0 Å². The fraction of sp³-hybridized carbons (Fsp3) is 0.174. The number of para-hydroxylation sites is 3. The van der Waals surface area contributed by atoms with E-state index in [0.717, 1.165) is 6.54 Å². The van der Waals surface area contributed by atoms with E-state index >= 15 is 0 Å². The molecule has 0 N–H and O–H groups in total. The van der Waals surface area contributed by atoms with Crippen molar-refractivity contribution in [3.05, 3.63) is 161 Å². The maximum absolute atomic E-state index is 2.56. The van der Waals surface area contributed by atoms with E-state index in [1.165, 1.54) is 110 Å². The van der Waals surface area contributed by atoms with E-state index in [1.807, 2.05) is 11.8 Å². The maximum atomic E-state index is 2.56. The van der Waals surface area contributed by atoms with Gasteiger partial charge in [0.05, 0.1) is 11.4 Å². The zero-order valence-electron chi connectivity index (χ0n) is 27.6. The van der Waals surface area contributed by atoms with Crippen LogP contribution >= 0.6 is 11.8 Å². The molecule has 1 spiro atoms. The van der Waals surface area contributed by atoms with Gasteiger partial charge in [0.1, 0.15) is 0 Å². The highest BCUT2D eigenvalue weighted by Crippen LogP contribution is 2.58. The van der Waals surface area contributed by atoms with Gasteiger partial charge in [0.25, 0.3) is 0 Å². The molecule has 2 nitrogen and oxygen atoms in total. The number of hydrogen-bond donors (Lipinski definition) is 0. The molecule has 0 amide bonds. The highest BCUT2D eigenvalue weighted by Gasteiger charge is 2.45.